The van der Waals surface area contributed by atoms with E-state index in [0.717, 1.165) is 24.8 Å². The SMILES string of the molecule is O=C(O)C1C2CCCC1N(C(=O)OCc1ccccc1)C2. The van der Waals surface area contributed by atoms with Gasteiger partial charge in [-0.1, -0.05) is 36.8 Å². The number of hydrogen-bond donors (Lipinski definition) is 1. The Morgan fingerprint density at radius 1 is 1.24 bits per heavy atom. The predicted octanol–water partition coefficient (Wildman–Crippen LogP) is 2.51. The minimum absolute atomic E-state index is 0.0746. The van der Waals surface area contributed by atoms with E-state index in [0.29, 0.717) is 6.54 Å². The first-order chi connectivity index (χ1) is 10.2. The van der Waals surface area contributed by atoms with Crippen molar-refractivity contribution >= 4 is 12.1 Å². The number of fused-ring (bicyclic) bond motifs is 2. The fraction of sp³-hybridized carbons (Fsp3) is 0.500. The Hall–Kier alpha value is -2.04. The Balaban J connectivity index is 1.64. The normalized spacial score (nSPS) is 27.4. The molecule has 2 bridgehead atoms. The highest BCUT2D eigenvalue weighted by Gasteiger charge is 2.50. The van der Waals surface area contributed by atoms with Gasteiger partial charge in [-0.05, 0) is 24.3 Å². The van der Waals surface area contributed by atoms with Crippen LogP contribution in [0.15, 0.2) is 30.3 Å². The molecule has 1 aromatic rings. The molecule has 1 saturated heterocycles. The summed E-state index contributed by atoms with van der Waals surface area (Å²) < 4.78 is 5.34. The van der Waals surface area contributed by atoms with E-state index in [4.69, 9.17) is 4.74 Å². The summed E-state index contributed by atoms with van der Waals surface area (Å²) in [5.74, 6) is -1.14. The summed E-state index contributed by atoms with van der Waals surface area (Å²) in [5, 5.41) is 9.35. The van der Waals surface area contributed by atoms with Gasteiger partial charge in [0.15, 0.2) is 0 Å². The molecule has 1 aromatic carbocycles. The molecule has 1 amide bonds. The number of nitrogens with zero attached hydrogens (tertiary/aromatic N) is 1. The van der Waals surface area contributed by atoms with Gasteiger partial charge in [0.25, 0.3) is 0 Å². The minimum atomic E-state index is -0.789. The van der Waals surface area contributed by atoms with E-state index in [-0.39, 0.29) is 24.7 Å². The minimum Gasteiger partial charge on any atom is -0.481 e. The molecule has 3 unspecified atom stereocenters. The smallest absolute Gasteiger partial charge is 0.410 e. The zero-order valence-corrected chi connectivity index (χ0v) is 11.8. The van der Waals surface area contributed by atoms with E-state index in [1.54, 1.807) is 4.90 Å². The van der Waals surface area contributed by atoms with Crippen LogP contribution in [0, 0.1) is 11.8 Å². The van der Waals surface area contributed by atoms with Crippen LogP contribution >= 0.6 is 0 Å². The predicted molar refractivity (Wildman–Crippen MR) is 75.6 cm³/mol. The van der Waals surface area contributed by atoms with Crippen molar-refractivity contribution in [3.8, 4) is 0 Å². The molecule has 5 heteroatoms. The molecule has 2 aliphatic rings. The van der Waals surface area contributed by atoms with Crippen LogP contribution in [0.2, 0.25) is 0 Å². The molecular weight excluding hydrogens is 270 g/mol. The first kappa shape index (κ1) is 13.9. The molecule has 1 aliphatic heterocycles. The highest BCUT2D eigenvalue weighted by atomic mass is 16.6. The maximum Gasteiger partial charge on any atom is 0.410 e. The molecule has 1 aliphatic carbocycles. The van der Waals surface area contributed by atoms with Crippen LogP contribution in [-0.4, -0.2) is 34.7 Å². The first-order valence-electron chi connectivity index (χ1n) is 7.37. The van der Waals surface area contributed by atoms with Gasteiger partial charge in [0.2, 0.25) is 0 Å². The van der Waals surface area contributed by atoms with Crippen molar-refractivity contribution in [1.82, 2.24) is 4.90 Å². The Morgan fingerprint density at radius 2 is 2.00 bits per heavy atom. The molecule has 0 aromatic heterocycles. The lowest BCUT2D eigenvalue weighted by atomic mass is 9.80. The largest absolute Gasteiger partial charge is 0.481 e. The lowest BCUT2D eigenvalue weighted by Crippen LogP contribution is -2.40. The van der Waals surface area contributed by atoms with E-state index in [2.05, 4.69) is 0 Å². The molecule has 3 rings (SSSR count). The fourth-order valence-electron chi connectivity index (χ4n) is 3.58. The number of carboxylic acid groups (broad SMARTS) is 1. The van der Waals surface area contributed by atoms with E-state index < -0.39 is 11.9 Å². The third-order valence-electron chi connectivity index (χ3n) is 4.55. The molecule has 2 fully saturated rings. The van der Waals surface area contributed by atoms with Crippen molar-refractivity contribution in [3.63, 3.8) is 0 Å². The zero-order chi connectivity index (χ0) is 14.8. The Bertz CT molecular complexity index is 530. The lowest BCUT2D eigenvalue weighted by molar-refractivity contribution is -0.144. The molecule has 3 atom stereocenters. The third kappa shape index (κ3) is 2.73. The first-order valence-corrected chi connectivity index (χ1v) is 7.37. The molecule has 21 heavy (non-hydrogen) atoms. The van der Waals surface area contributed by atoms with Gasteiger partial charge in [-0.15, -0.1) is 0 Å². The van der Waals surface area contributed by atoms with Crippen molar-refractivity contribution in [3.05, 3.63) is 35.9 Å². The lowest BCUT2D eigenvalue weighted by Gasteiger charge is -2.28. The second kappa shape index (κ2) is 5.76. The van der Waals surface area contributed by atoms with E-state index in [1.807, 2.05) is 30.3 Å². The fourth-order valence-corrected chi connectivity index (χ4v) is 3.58. The van der Waals surface area contributed by atoms with E-state index in [9.17, 15) is 14.7 Å². The number of rotatable bonds is 3. The summed E-state index contributed by atoms with van der Waals surface area (Å²) in [6.07, 6.45) is 2.24. The van der Waals surface area contributed by atoms with Gasteiger partial charge in [-0.2, -0.15) is 0 Å². The van der Waals surface area contributed by atoms with Crippen LogP contribution in [0.4, 0.5) is 4.79 Å². The van der Waals surface area contributed by atoms with Crippen LogP contribution in [0.5, 0.6) is 0 Å². The summed E-state index contributed by atoms with van der Waals surface area (Å²) in [4.78, 5) is 25.2. The topological polar surface area (TPSA) is 66.8 Å². The summed E-state index contributed by atoms with van der Waals surface area (Å²) >= 11 is 0. The van der Waals surface area contributed by atoms with Crippen molar-refractivity contribution in [2.75, 3.05) is 6.54 Å². The number of aliphatic carboxylic acids is 1. The Morgan fingerprint density at radius 3 is 2.67 bits per heavy atom. The summed E-state index contributed by atoms with van der Waals surface area (Å²) in [7, 11) is 0. The number of ether oxygens (including phenoxy) is 1. The van der Waals surface area contributed by atoms with Crippen molar-refractivity contribution in [2.45, 2.75) is 31.9 Å². The Labute approximate surface area is 123 Å². The average molecular weight is 289 g/mol. The standard InChI is InChI=1S/C16H19NO4/c18-15(19)14-12-7-4-8-13(14)17(9-12)16(20)21-10-11-5-2-1-3-6-11/h1-3,5-6,12-14H,4,7-10H2,(H,18,19). The number of likely N-dealkylation sites (tertiary alicyclic amines) is 1. The third-order valence-corrected chi connectivity index (χ3v) is 4.55. The molecule has 1 heterocycles. The van der Waals surface area contributed by atoms with Crippen LogP contribution in [-0.2, 0) is 16.1 Å². The van der Waals surface area contributed by atoms with Crippen LogP contribution in [0.25, 0.3) is 0 Å². The number of amides is 1. The molecule has 0 radical (unpaired) electrons. The second-order valence-electron chi connectivity index (χ2n) is 5.81. The monoisotopic (exact) mass is 289 g/mol. The van der Waals surface area contributed by atoms with Crippen LogP contribution in [0.1, 0.15) is 24.8 Å². The highest BCUT2D eigenvalue weighted by molar-refractivity contribution is 5.76. The molecule has 5 nitrogen and oxygen atoms in total. The summed E-state index contributed by atoms with van der Waals surface area (Å²) in [6.45, 7) is 0.737. The van der Waals surface area contributed by atoms with E-state index >= 15 is 0 Å². The van der Waals surface area contributed by atoms with Crippen molar-refractivity contribution < 1.29 is 19.4 Å². The van der Waals surface area contributed by atoms with Crippen LogP contribution in [0.3, 0.4) is 0 Å². The van der Waals surface area contributed by atoms with Gasteiger partial charge in [0.1, 0.15) is 6.61 Å². The maximum absolute atomic E-state index is 12.2. The summed E-state index contributed by atoms with van der Waals surface area (Å²) in [5.41, 5.74) is 0.933. The quantitative estimate of drug-likeness (QED) is 0.928. The number of carboxylic acids is 1. The molecule has 1 saturated carbocycles. The summed E-state index contributed by atoms with van der Waals surface area (Å²) in [6, 6.07) is 9.29. The number of carbonyl (C=O) groups is 2. The second-order valence-corrected chi connectivity index (χ2v) is 5.81. The molecule has 1 N–H and O–H groups in total. The molecule has 112 valence electrons. The van der Waals surface area contributed by atoms with Crippen LogP contribution < -0.4 is 0 Å². The van der Waals surface area contributed by atoms with Crippen molar-refractivity contribution in [1.29, 1.82) is 0 Å². The van der Waals surface area contributed by atoms with Gasteiger partial charge in [-0.25, -0.2) is 4.79 Å². The number of benzene rings is 1. The van der Waals surface area contributed by atoms with Crippen molar-refractivity contribution in [2.24, 2.45) is 11.8 Å². The van der Waals surface area contributed by atoms with E-state index in [1.165, 1.54) is 0 Å². The van der Waals surface area contributed by atoms with Gasteiger partial charge in [-0.3, -0.25) is 4.79 Å². The number of hydrogen-bond acceptors (Lipinski definition) is 3. The van der Waals surface area contributed by atoms with Gasteiger partial charge in [0, 0.05) is 12.6 Å². The average Bonchev–Trinajstić information content (AvgIpc) is 2.73. The van der Waals surface area contributed by atoms with Gasteiger partial charge >= 0.3 is 12.1 Å². The molecular formula is C16H19NO4. The Kier molecular flexibility index (Phi) is 3.82. The maximum atomic E-state index is 12.2. The molecule has 0 spiro atoms. The highest BCUT2D eigenvalue weighted by Crippen LogP contribution is 2.41. The zero-order valence-electron chi connectivity index (χ0n) is 11.8. The van der Waals surface area contributed by atoms with Gasteiger partial charge in [0.05, 0.1) is 5.92 Å². The van der Waals surface area contributed by atoms with Gasteiger partial charge < -0.3 is 14.7 Å². The number of carbonyl (C=O) groups excluding carboxylic acids is 1.